The summed E-state index contributed by atoms with van der Waals surface area (Å²) in [7, 11) is 1.99. The van der Waals surface area contributed by atoms with Crippen molar-refractivity contribution in [2.45, 2.75) is 20.0 Å². The zero-order valence-corrected chi connectivity index (χ0v) is 13.5. The van der Waals surface area contributed by atoms with Crippen LogP contribution in [0.2, 0.25) is 0 Å². The van der Waals surface area contributed by atoms with Gasteiger partial charge in [0.15, 0.2) is 5.76 Å². The van der Waals surface area contributed by atoms with Gasteiger partial charge in [-0.1, -0.05) is 18.2 Å². The number of para-hydroxylation sites is 1. The van der Waals surface area contributed by atoms with Gasteiger partial charge in [-0.3, -0.25) is 10.00 Å². The maximum absolute atomic E-state index is 5.93. The Balaban J connectivity index is 1.55. The fourth-order valence-electron chi connectivity index (χ4n) is 2.73. The molecule has 1 aromatic carbocycles. The van der Waals surface area contributed by atoms with E-state index in [1.54, 1.807) is 6.92 Å². The van der Waals surface area contributed by atoms with E-state index in [1.807, 2.05) is 43.6 Å². The molecule has 1 N–H and O–H groups in total. The van der Waals surface area contributed by atoms with Crippen molar-refractivity contribution in [3.05, 3.63) is 53.9 Å². The zero-order valence-electron chi connectivity index (χ0n) is 13.5. The highest BCUT2D eigenvalue weighted by atomic mass is 16.4. The Hall–Kier alpha value is -2.93. The van der Waals surface area contributed by atoms with E-state index in [2.05, 4.69) is 25.3 Å². The van der Waals surface area contributed by atoms with Gasteiger partial charge in [-0.2, -0.15) is 5.10 Å². The van der Waals surface area contributed by atoms with E-state index in [9.17, 15) is 0 Å². The number of fused-ring (bicyclic) bond motifs is 1. The lowest BCUT2D eigenvalue weighted by molar-refractivity contribution is 0.279. The molecule has 122 valence electrons. The molecule has 3 heterocycles. The molecule has 3 aromatic heterocycles. The van der Waals surface area contributed by atoms with E-state index < -0.39 is 0 Å². The molecule has 0 unspecified atom stereocenters. The molecule has 0 aliphatic rings. The Morgan fingerprint density at radius 2 is 2.00 bits per heavy atom. The molecule has 0 aliphatic heterocycles. The highest BCUT2D eigenvalue weighted by Gasteiger charge is 2.15. The van der Waals surface area contributed by atoms with Crippen LogP contribution in [0.5, 0.6) is 0 Å². The van der Waals surface area contributed by atoms with Crippen LogP contribution in [-0.2, 0) is 13.1 Å². The molecule has 0 atom stereocenters. The first-order valence-corrected chi connectivity index (χ1v) is 7.68. The summed E-state index contributed by atoms with van der Waals surface area (Å²) in [6.45, 7) is 3.04. The first-order valence-electron chi connectivity index (χ1n) is 7.68. The maximum Gasteiger partial charge on any atom is 0.230 e. The Labute approximate surface area is 138 Å². The predicted octanol–water partition coefficient (Wildman–Crippen LogP) is 3.15. The highest BCUT2D eigenvalue weighted by molar-refractivity contribution is 5.82. The van der Waals surface area contributed by atoms with Crippen LogP contribution in [0.1, 0.15) is 17.3 Å². The summed E-state index contributed by atoms with van der Waals surface area (Å²) in [5.74, 6) is 1.96. The van der Waals surface area contributed by atoms with E-state index in [1.165, 1.54) is 0 Å². The molecule has 7 heteroatoms. The Bertz CT molecular complexity index is 935. The molecule has 0 saturated carbocycles. The van der Waals surface area contributed by atoms with Crippen molar-refractivity contribution >= 4 is 11.0 Å². The third kappa shape index (κ3) is 2.81. The van der Waals surface area contributed by atoms with Crippen LogP contribution in [0.15, 0.2) is 45.4 Å². The third-order valence-electron chi connectivity index (χ3n) is 3.80. The topological polar surface area (TPSA) is 84.0 Å². The summed E-state index contributed by atoms with van der Waals surface area (Å²) in [6.07, 6.45) is 1.82. The van der Waals surface area contributed by atoms with E-state index >= 15 is 0 Å². The van der Waals surface area contributed by atoms with Crippen molar-refractivity contribution in [2.75, 3.05) is 7.05 Å². The Kier molecular flexibility index (Phi) is 3.62. The summed E-state index contributed by atoms with van der Waals surface area (Å²) in [5.41, 5.74) is 2.80. The fraction of sp³-hybridized carbons (Fsp3) is 0.235. The standard InChI is InChI=1S/C17H17N5O2/c1-11-19-20-16(23-11)10-22(2)9-13-8-18-21-17(13)15-7-12-5-3-4-6-14(12)24-15/h3-8H,9-10H2,1-2H3,(H,18,21). The van der Waals surface area contributed by atoms with Crippen molar-refractivity contribution in [1.82, 2.24) is 25.3 Å². The summed E-state index contributed by atoms with van der Waals surface area (Å²) in [5, 5.41) is 16.1. The second-order valence-corrected chi connectivity index (χ2v) is 5.81. The number of hydrogen-bond acceptors (Lipinski definition) is 6. The number of rotatable bonds is 5. The molecule has 0 bridgehead atoms. The summed E-state index contributed by atoms with van der Waals surface area (Å²) in [4.78, 5) is 2.09. The first-order chi connectivity index (χ1) is 11.7. The number of furan rings is 1. The van der Waals surface area contributed by atoms with E-state index in [-0.39, 0.29) is 0 Å². The number of aromatic amines is 1. The van der Waals surface area contributed by atoms with Crippen LogP contribution in [0.25, 0.3) is 22.4 Å². The number of aromatic nitrogens is 4. The minimum Gasteiger partial charge on any atom is -0.454 e. The van der Waals surface area contributed by atoms with Crippen LogP contribution < -0.4 is 0 Å². The van der Waals surface area contributed by atoms with Crippen LogP contribution >= 0.6 is 0 Å². The van der Waals surface area contributed by atoms with Crippen LogP contribution in [0.4, 0.5) is 0 Å². The number of nitrogens with one attached hydrogen (secondary N) is 1. The minimum atomic E-state index is 0.574. The largest absolute Gasteiger partial charge is 0.454 e. The number of benzene rings is 1. The number of H-pyrrole nitrogens is 1. The smallest absolute Gasteiger partial charge is 0.230 e. The van der Waals surface area contributed by atoms with Gasteiger partial charge in [0.2, 0.25) is 11.8 Å². The van der Waals surface area contributed by atoms with Gasteiger partial charge in [0.1, 0.15) is 11.3 Å². The molecule has 0 radical (unpaired) electrons. The van der Waals surface area contributed by atoms with Gasteiger partial charge in [-0.25, -0.2) is 0 Å². The predicted molar refractivity (Wildman–Crippen MR) is 88.0 cm³/mol. The minimum absolute atomic E-state index is 0.574. The van der Waals surface area contributed by atoms with E-state index in [0.717, 1.165) is 28.0 Å². The van der Waals surface area contributed by atoms with Crippen molar-refractivity contribution < 1.29 is 8.83 Å². The normalized spacial score (nSPS) is 11.6. The number of aryl methyl sites for hydroxylation is 1. The molecule has 0 fully saturated rings. The second kappa shape index (κ2) is 5.93. The lowest BCUT2D eigenvalue weighted by Gasteiger charge is -2.13. The van der Waals surface area contributed by atoms with E-state index in [0.29, 0.717) is 24.9 Å². The molecule has 7 nitrogen and oxygen atoms in total. The van der Waals surface area contributed by atoms with Gasteiger partial charge in [0.25, 0.3) is 0 Å². The summed E-state index contributed by atoms with van der Waals surface area (Å²) in [6, 6.07) is 9.97. The quantitative estimate of drug-likeness (QED) is 0.607. The molecule has 0 aliphatic carbocycles. The number of hydrogen-bond donors (Lipinski definition) is 1. The highest BCUT2D eigenvalue weighted by Crippen LogP contribution is 2.29. The average molecular weight is 323 g/mol. The maximum atomic E-state index is 5.93. The van der Waals surface area contributed by atoms with Gasteiger partial charge in [0.05, 0.1) is 12.7 Å². The van der Waals surface area contributed by atoms with Gasteiger partial charge < -0.3 is 8.83 Å². The lowest BCUT2D eigenvalue weighted by Crippen LogP contribution is -2.17. The molecule has 4 aromatic rings. The van der Waals surface area contributed by atoms with Gasteiger partial charge >= 0.3 is 0 Å². The SMILES string of the molecule is Cc1nnc(CN(C)Cc2cn[nH]c2-c2cc3ccccc3o2)o1. The molecule has 0 saturated heterocycles. The van der Waals surface area contributed by atoms with Crippen molar-refractivity contribution in [3.63, 3.8) is 0 Å². The lowest BCUT2D eigenvalue weighted by atomic mass is 10.2. The van der Waals surface area contributed by atoms with Gasteiger partial charge in [-0.15, -0.1) is 10.2 Å². The zero-order chi connectivity index (χ0) is 16.5. The number of nitrogens with zero attached hydrogens (tertiary/aromatic N) is 4. The summed E-state index contributed by atoms with van der Waals surface area (Å²) < 4.78 is 11.3. The summed E-state index contributed by atoms with van der Waals surface area (Å²) >= 11 is 0. The molecule has 0 spiro atoms. The van der Waals surface area contributed by atoms with Crippen LogP contribution in [0, 0.1) is 6.92 Å². The monoisotopic (exact) mass is 323 g/mol. The molecule has 4 rings (SSSR count). The Morgan fingerprint density at radius 3 is 2.79 bits per heavy atom. The van der Waals surface area contributed by atoms with Gasteiger partial charge in [0, 0.05) is 24.4 Å². The van der Waals surface area contributed by atoms with Crippen molar-refractivity contribution in [1.29, 1.82) is 0 Å². The van der Waals surface area contributed by atoms with Crippen molar-refractivity contribution in [3.8, 4) is 11.5 Å². The van der Waals surface area contributed by atoms with Crippen LogP contribution in [-0.4, -0.2) is 32.3 Å². The Morgan fingerprint density at radius 1 is 1.12 bits per heavy atom. The van der Waals surface area contributed by atoms with E-state index in [4.69, 9.17) is 8.83 Å². The molecular weight excluding hydrogens is 306 g/mol. The van der Waals surface area contributed by atoms with Crippen molar-refractivity contribution in [2.24, 2.45) is 0 Å². The second-order valence-electron chi connectivity index (χ2n) is 5.81. The average Bonchev–Trinajstić information content (AvgIpc) is 3.26. The first kappa shape index (κ1) is 14.6. The molecular formula is C17H17N5O2. The van der Waals surface area contributed by atoms with Gasteiger partial charge in [-0.05, 0) is 19.2 Å². The fourth-order valence-corrected chi connectivity index (χ4v) is 2.73. The third-order valence-corrected chi connectivity index (χ3v) is 3.80. The molecule has 24 heavy (non-hydrogen) atoms. The van der Waals surface area contributed by atoms with Crippen LogP contribution in [0.3, 0.4) is 0 Å². The molecule has 0 amide bonds.